The highest BCUT2D eigenvalue weighted by atomic mass is 16.2. The van der Waals surface area contributed by atoms with Crippen LogP contribution in [-0.2, 0) is 4.79 Å². The molecule has 1 saturated heterocycles. The first-order valence-electron chi connectivity index (χ1n) is 9.03. The molecule has 0 radical (unpaired) electrons. The third-order valence-electron chi connectivity index (χ3n) is 4.52. The molecule has 0 atom stereocenters. The van der Waals surface area contributed by atoms with E-state index in [1.54, 1.807) is 0 Å². The van der Waals surface area contributed by atoms with Crippen molar-refractivity contribution in [1.29, 1.82) is 0 Å². The number of benzene rings is 2. The average molecular weight is 351 g/mol. The summed E-state index contributed by atoms with van der Waals surface area (Å²) in [6.07, 6.45) is 2.35. The van der Waals surface area contributed by atoms with Crippen LogP contribution >= 0.6 is 0 Å². The standard InChI is InChI=1S/C21H25N3O2/c1-15-11-16(2)13-17(12-15)21(26)22-14-20(25)23-18-7-3-4-8-19(18)24-9-5-6-10-24/h3-4,7-8,11-13H,5-6,9-10,14H2,1-2H3,(H,22,26)(H,23,25). The lowest BCUT2D eigenvalue weighted by atomic mass is 10.1. The fraction of sp³-hybridized carbons (Fsp3) is 0.333. The van der Waals surface area contributed by atoms with Crippen LogP contribution in [0.15, 0.2) is 42.5 Å². The Bertz CT molecular complexity index is 790. The maximum atomic E-state index is 12.3. The number of carbonyl (C=O) groups excluding carboxylic acids is 2. The number of anilines is 2. The highest BCUT2D eigenvalue weighted by Crippen LogP contribution is 2.28. The van der Waals surface area contributed by atoms with E-state index in [1.807, 2.05) is 56.3 Å². The second-order valence-electron chi connectivity index (χ2n) is 6.82. The van der Waals surface area contributed by atoms with Crippen LogP contribution in [-0.4, -0.2) is 31.4 Å². The number of carbonyl (C=O) groups is 2. The van der Waals surface area contributed by atoms with E-state index in [2.05, 4.69) is 15.5 Å². The predicted octanol–water partition coefficient (Wildman–Crippen LogP) is 3.27. The molecule has 3 rings (SSSR count). The molecule has 1 aliphatic heterocycles. The Morgan fingerprint density at radius 1 is 1.00 bits per heavy atom. The first-order valence-corrected chi connectivity index (χ1v) is 9.03. The zero-order chi connectivity index (χ0) is 18.5. The van der Waals surface area contributed by atoms with Crippen LogP contribution in [0.3, 0.4) is 0 Å². The van der Waals surface area contributed by atoms with Gasteiger partial charge in [-0.2, -0.15) is 0 Å². The van der Waals surface area contributed by atoms with E-state index >= 15 is 0 Å². The van der Waals surface area contributed by atoms with Crippen molar-refractivity contribution in [3.63, 3.8) is 0 Å². The zero-order valence-corrected chi connectivity index (χ0v) is 15.3. The lowest BCUT2D eigenvalue weighted by Gasteiger charge is -2.21. The third kappa shape index (κ3) is 4.42. The van der Waals surface area contributed by atoms with E-state index < -0.39 is 0 Å². The molecule has 0 aromatic heterocycles. The van der Waals surface area contributed by atoms with Crippen LogP contribution in [0.5, 0.6) is 0 Å². The number of hydrogen-bond donors (Lipinski definition) is 2. The van der Waals surface area contributed by atoms with Gasteiger partial charge >= 0.3 is 0 Å². The van der Waals surface area contributed by atoms with Gasteiger partial charge in [0.2, 0.25) is 5.91 Å². The molecule has 1 heterocycles. The van der Waals surface area contributed by atoms with Gasteiger partial charge in [0.15, 0.2) is 0 Å². The summed E-state index contributed by atoms with van der Waals surface area (Å²) in [5, 5.41) is 5.62. The van der Waals surface area contributed by atoms with Gasteiger partial charge in [-0.25, -0.2) is 0 Å². The summed E-state index contributed by atoms with van der Waals surface area (Å²) in [6, 6.07) is 13.5. The Kier molecular flexibility index (Phi) is 5.56. The molecule has 1 fully saturated rings. The quantitative estimate of drug-likeness (QED) is 0.869. The minimum atomic E-state index is -0.236. The predicted molar refractivity (Wildman–Crippen MR) is 105 cm³/mol. The smallest absolute Gasteiger partial charge is 0.251 e. The van der Waals surface area contributed by atoms with Crippen molar-refractivity contribution in [2.24, 2.45) is 0 Å². The first-order chi connectivity index (χ1) is 12.5. The van der Waals surface area contributed by atoms with E-state index in [0.29, 0.717) is 5.56 Å². The topological polar surface area (TPSA) is 61.4 Å². The average Bonchev–Trinajstić information content (AvgIpc) is 3.13. The summed E-state index contributed by atoms with van der Waals surface area (Å²) in [5.74, 6) is -0.464. The van der Waals surface area contributed by atoms with Crippen molar-refractivity contribution in [2.75, 3.05) is 29.9 Å². The summed E-state index contributed by atoms with van der Waals surface area (Å²) in [6.45, 7) is 5.87. The van der Waals surface area contributed by atoms with Gasteiger partial charge in [0.05, 0.1) is 17.9 Å². The molecule has 0 spiro atoms. The fourth-order valence-electron chi connectivity index (χ4n) is 3.38. The molecule has 26 heavy (non-hydrogen) atoms. The van der Waals surface area contributed by atoms with E-state index in [9.17, 15) is 9.59 Å². The van der Waals surface area contributed by atoms with Crippen molar-refractivity contribution in [3.05, 3.63) is 59.2 Å². The van der Waals surface area contributed by atoms with Crippen LogP contribution in [0.4, 0.5) is 11.4 Å². The zero-order valence-electron chi connectivity index (χ0n) is 15.3. The Morgan fingerprint density at radius 2 is 1.65 bits per heavy atom. The maximum absolute atomic E-state index is 12.3. The Hall–Kier alpha value is -2.82. The van der Waals surface area contributed by atoms with Crippen molar-refractivity contribution < 1.29 is 9.59 Å². The molecule has 0 unspecified atom stereocenters. The van der Waals surface area contributed by atoms with Crippen LogP contribution < -0.4 is 15.5 Å². The van der Waals surface area contributed by atoms with Gasteiger partial charge in [-0.05, 0) is 51.0 Å². The molecular formula is C21H25N3O2. The SMILES string of the molecule is Cc1cc(C)cc(C(=O)NCC(=O)Nc2ccccc2N2CCCC2)c1. The Balaban J connectivity index is 1.60. The second-order valence-corrected chi connectivity index (χ2v) is 6.82. The summed E-state index contributed by atoms with van der Waals surface area (Å²) < 4.78 is 0. The van der Waals surface area contributed by atoms with Crippen LogP contribution in [0.2, 0.25) is 0 Å². The molecule has 5 heteroatoms. The highest BCUT2D eigenvalue weighted by molar-refractivity contribution is 6.00. The molecule has 0 saturated carbocycles. The van der Waals surface area contributed by atoms with Crippen molar-refractivity contribution in [1.82, 2.24) is 5.32 Å². The molecule has 2 aromatic rings. The first kappa shape index (κ1) is 18.0. The molecule has 0 bridgehead atoms. The van der Waals surface area contributed by atoms with Crippen molar-refractivity contribution in [3.8, 4) is 0 Å². The van der Waals surface area contributed by atoms with Gasteiger partial charge in [0, 0.05) is 18.7 Å². The number of para-hydroxylation sites is 2. The fourth-order valence-corrected chi connectivity index (χ4v) is 3.38. The van der Waals surface area contributed by atoms with Gasteiger partial charge in [-0.3, -0.25) is 9.59 Å². The molecule has 2 aromatic carbocycles. The number of rotatable bonds is 5. The van der Waals surface area contributed by atoms with Crippen LogP contribution in [0.1, 0.15) is 34.3 Å². The Labute approximate surface area is 154 Å². The molecule has 5 nitrogen and oxygen atoms in total. The summed E-state index contributed by atoms with van der Waals surface area (Å²) in [7, 11) is 0. The summed E-state index contributed by atoms with van der Waals surface area (Å²) >= 11 is 0. The molecule has 0 aliphatic carbocycles. The largest absolute Gasteiger partial charge is 0.370 e. The van der Waals surface area contributed by atoms with Gasteiger partial charge < -0.3 is 15.5 Å². The highest BCUT2D eigenvalue weighted by Gasteiger charge is 2.17. The van der Waals surface area contributed by atoms with Crippen LogP contribution in [0, 0.1) is 13.8 Å². The molecule has 1 aliphatic rings. The van der Waals surface area contributed by atoms with Gasteiger partial charge in [0.25, 0.3) is 5.91 Å². The monoisotopic (exact) mass is 351 g/mol. The van der Waals surface area contributed by atoms with Gasteiger partial charge in [-0.15, -0.1) is 0 Å². The van der Waals surface area contributed by atoms with Gasteiger partial charge in [-0.1, -0.05) is 29.3 Å². The minimum absolute atomic E-state index is 0.0554. The molecule has 2 amide bonds. The lowest BCUT2D eigenvalue weighted by Crippen LogP contribution is -2.33. The maximum Gasteiger partial charge on any atom is 0.251 e. The van der Waals surface area contributed by atoms with E-state index in [1.165, 1.54) is 12.8 Å². The normalized spacial score (nSPS) is 13.5. The number of nitrogens with one attached hydrogen (secondary N) is 2. The number of amides is 2. The summed E-state index contributed by atoms with van der Waals surface area (Å²) in [5.41, 5.74) is 4.46. The van der Waals surface area contributed by atoms with E-state index in [-0.39, 0.29) is 18.4 Å². The number of nitrogens with zero attached hydrogens (tertiary/aromatic N) is 1. The summed E-state index contributed by atoms with van der Waals surface area (Å²) in [4.78, 5) is 26.9. The third-order valence-corrected chi connectivity index (χ3v) is 4.52. The molecule has 2 N–H and O–H groups in total. The number of hydrogen-bond acceptors (Lipinski definition) is 3. The van der Waals surface area contributed by atoms with Gasteiger partial charge in [0.1, 0.15) is 0 Å². The minimum Gasteiger partial charge on any atom is -0.370 e. The van der Waals surface area contributed by atoms with Crippen molar-refractivity contribution in [2.45, 2.75) is 26.7 Å². The van der Waals surface area contributed by atoms with E-state index in [0.717, 1.165) is 35.6 Å². The van der Waals surface area contributed by atoms with Crippen LogP contribution in [0.25, 0.3) is 0 Å². The second kappa shape index (κ2) is 8.04. The molecule has 136 valence electrons. The Morgan fingerprint density at radius 3 is 2.35 bits per heavy atom. The van der Waals surface area contributed by atoms with E-state index in [4.69, 9.17) is 0 Å². The number of aryl methyl sites for hydroxylation is 2. The van der Waals surface area contributed by atoms with Crippen molar-refractivity contribution >= 4 is 23.2 Å². The lowest BCUT2D eigenvalue weighted by molar-refractivity contribution is -0.115. The molecular weight excluding hydrogens is 326 g/mol.